The van der Waals surface area contributed by atoms with E-state index >= 15 is 0 Å². The first-order chi connectivity index (χ1) is 9.26. The van der Waals surface area contributed by atoms with E-state index in [1.165, 1.54) is 11.3 Å². The molecule has 20 heavy (non-hydrogen) atoms. The van der Waals surface area contributed by atoms with Crippen LogP contribution in [0.2, 0.25) is 0 Å². The lowest BCUT2D eigenvalue weighted by atomic mass is 9.93. The first-order valence-corrected chi connectivity index (χ1v) is 9.32. The van der Waals surface area contributed by atoms with Gasteiger partial charge in [0.1, 0.15) is 4.21 Å². The molecule has 0 atom stereocenters. The van der Waals surface area contributed by atoms with Gasteiger partial charge in [-0.25, -0.2) is 8.42 Å². The summed E-state index contributed by atoms with van der Waals surface area (Å²) in [6.07, 6.45) is 0.931. The van der Waals surface area contributed by atoms with Crippen LogP contribution in [-0.2, 0) is 16.6 Å². The number of aryl methyl sites for hydroxylation is 1. The van der Waals surface area contributed by atoms with E-state index in [0.29, 0.717) is 17.3 Å². The summed E-state index contributed by atoms with van der Waals surface area (Å²) in [5, 5.41) is 3.25. The molecule has 1 aromatic heterocycles. The summed E-state index contributed by atoms with van der Waals surface area (Å²) in [4.78, 5) is 1.11. The predicted octanol–water partition coefficient (Wildman–Crippen LogP) is 2.59. The zero-order chi connectivity index (χ0) is 15.0. The van der Waals surface area contributed by atoms with Gasteiger partial charge in [0.2, 0.25) is 0 Å². The van der Waals surface area contributed by atoms with E-state index in [0.717, 1.165) is 30.0 Å². The van der Waals surface area contributed by atoms with Crippen LogP contribution in [0.15, 0.2) is 10.3 Å². The maximum atomic E-state index is 12.7. The SMILES string of the molecule is CCNCc1sc(S(=O)(=O)N2CCC(C)(C)C2)cc1C. The lowest BCUT2D eigenvalue weighted by Gasteiger charge is -2.18. The van der Waals surface area contributed by atoms with Gasteiger partial charge in [0.05, 0.1) is 0 Å². The van der Waals surface area contributed by atoms with Crippen molar-refractivity contribution in [2.45, 2.75) is 44.9 Å². The molecule has 6 heteroatoms. The Bertz CT molecular complexity index is 576. The van der Waals surface area contributed by atoms with Crippen LogP contribution < -0.4 is 5.32 Å². The second-order valence-corrected chi connectivity index (χ2v) is 9.51. The molecule has 0 radical (unpaired) electrons. The second kappa shape index (κ2) is 5.75. The summed E-state index contributed by atoms with van der Waals surface area (Å²) >= 11 is 1.40. The third-order valence-electron chi connectivity index (χ3n) is 3.77. The fraction of sp³-hybridized carbons (Fsp3) is 0.714. The smallest absolute Gasteiger partial charge is 0.252 e. The second-order valence-electron chi connectivity index (χ2n) is 6.20. The van der Waals surface area contributed by atoms with Gasteiger partial charge in [-0.05, 0) is 36.9 Å². The molecule has 2 rings (SSSR count). The molecule has 1 saturated heterocycles. The van der Waals surface area contributed by atoms with Crippen molar-refractivity contribution in [3.63, 3.8) is 0 Å². The van der Waals surface area contributed by atoms with Crippen LogP contribution >= 0.6 is 11.3 Å². The van der Waals surface area contributed by atoms with Crippen molar-refractivity contribution in [2.75, 3.05) is 19.6 Å². The average molecular weight is 316 g/mol. The summed E-state index contributed by atoms with van der Waals surface area (Å²) in [5.41, 5.74) is 1.15. The van der Waals surface area contributed by atoms with Gasteiger partial charge in [-0.1, -0.05) is 20.8 Å². The van der Waals surface area contributed by atoms with Gasteiger partial charge in [-0.15, -0.1) is 11.3 Å². The largest absolute Gasteiger partial charge is 0.312 e. The first kappa shape index (κ1) is 15.9. The van der Waals surface area contributed by atoms with Crippen LogP contribution in [0.4, 0.5) is 0 Å². The predicted molar refractivity (Wildman–Crippen MR) is 83.6 cm³/mol. The maximum Gasteiger partial charge on any atom is 0.252 e. The lowest BCUT2D eigenvalue weighted by molar-refractivity contribution is 0.376. The van der Waals surface area contributed by atoms with Crippen LogP contribution in [0.3, 0.4) is 0 Å². The van der Waals surface area contributed by atoms with Crippen molar-refractivity contribution in [1.29, 1.82) is 0 Å². The molecule has 114 valence electrons. The molecular formula is C14H24N2O2S2. The molecule has 0 spiro atoms. The lowest BCUT2D eigenvalue weighted by Crippen LogP contribution is -2.29. The highest BCUT2D eigenvalue weighted by atomic mass is 32.2. The molecule has 4 nitrogen and oxygen atoms in total. The first-order valence-electron chi connectivity index (χ1n) is 7.06. The molecule has 1 aliphatic heterocycles. The Hall–Kier alpha value is -0.430. The highest BCUT2D eigenvalue weighted by Gasteiger charge is 2.37. The molecule has 0 aromatic carbocycles. The minimum Gasteiger partial charge on any atom is -0.312 e. The fourth-order valence-corrected chi connectivity index (χ4v) is 5.77. The third-order valence-corrected chi connectivity index (χ3v) is 7.30. The van der Waals surface area contributed by atoms with Crippen molar-refractivity contribution >= 4 is 21.4 Å². The monoisotopic (exact) mass is 316 g/mol. The van der Waals surface area contributed by atoms with E-state index in [4.69, 9.17) is 0 Å². The molecule has 1 N–H and O–H groups in total. The summed E-state index contributed by atoms with van der Waals surface area (Å²) in [5.74, 6) is 0. The Kier molecular flexibility index (Phi) is 4.59. The van der Waals surface area contributed by atoms with Crippen LogP contribution in [0.1, 0.15) is 37.6 Å². The summed E-state index contributed by atoms with van der Waals surface area (Å²) < 4.78 is 27.5. The Morgan fingerprint density at radius 1 is 1.45 bits per heavy atom. The highest BCUT2D eigenvalue weighted by molar-refractivity contribution is 7.91. The number of sulfonamides is 1. The quantitative estimate of drug-likeness (QED) is 0.908. The van der Waals surface area contributed by atoms with E-state index in [9.17, 15) is 8.42 Å². The Morgan fingerprint density at radius 3 is 2.70 bits per heavy atom. The number of rotatable bonds is 5. The van der Waals surface area contributed by atoms with Gasteiger partial charge in [0.25, 0.3) is 10.0 Å². The molecule has 0 unspecified atom stereocenters. The minimum atomic E-state index is -3.31. The number of thiophene rings is 1. The topological polar surface area (TPSA) is 49.4 Å². The van der Waals surface area contributed by atoms with E-state index in [-0.39, 0.29) is 5.41 Å². The van der Waals surface area contributed by atoms with Gasteiger partial charge in [0.15, 0.2) is 0 Å². The normalized spacial score (nSPS) is 19.6. The number of nitrogens with zero attached hydrogens (tertiary/aromatic N) is 1. The maximum absolute atomic E-state index is 12.7. The molecular weight excluding hydrogens is 292 g/mol. The van der Waals surface area contributed by atoms with Gasteiger partial charge in [0, 0.05) is 24.5 Å². The third kappa shape index (κ3) is 3.24. The molecule has 0 amide bonds. The van der Waals surface area contributed by atoms with Gasteiger partial charge < -0.3 is 5.32 Å². The zero-order valence-electron chi connectivity index (χ0n) is 12.7. The van der Waals surface area contributed by atoms with E-state index in [2.05, 4.69) is 19.2 Å². The Morgan fingerprint density at radius 2 is 2.15 bits per heavy atom. The minimum absolute atomic E-state index is 0.0893. The van der Waals surface area contributed by atoms with Crippen molar-refractivity contribution in [2.24, 2.45) is 5.41 Å². The molecule has 0 saturated carbocycles. The van der Waals surface area contributed by atoms with Gasteiger partial charge in [-0.2, -0.15) is 4.31 Å². The number of nitrogens with one attached hydrogen (secondary N) is 1. The number of hydrogen-bond donors (Lipinski definition) is 1. The standard InChI is InChI=1S/C14H24N2O2S2/c1-5-15-9-12-11(2)8-13(19-12)20(17,18)16-7-6-14(3,4)10-16/h8,15H,5-7,9-10H2,1-4H3. The van der Waals surface area contributed by atoms with Crippen LogP contribution in [0, 0.1) is 12.3 Å². The zero-order valence-corrected chi connectivity index (χ0v) is 14.3. The summed E-state index contributed by atoms with van der Waals surface area (Å²) in [6.45, 7) is 11.2. The Balaban J connectivity index is 2.22. The molecule has 0 bridgehead atoms. The Labute approximate surface area is 126 Å². The number of hydrogen-bond acceptors (Lipinski definition) is 4. The summed E-state index contributed by atoms with van der Waals surface area (Å²) in [7, 11) is -3.31. The molecule has 2 heterocycles. The van der Waals surface area contributed by atoms with Crippen LogP contribution in [0.5, 0.6) is 0 Å². The van der Waals surface area contributed by atoms with Crippen molar-refractivity contribution in [3.8, 4) is 0 Å². The molecule has 0 aliphatic carbocycles. The summed E-state index contributed by atoms with van der Waals surface area (Å²) in [6, 6.07) is 1.82. The van der Waals surface area contributed by atoms with Crippen molar-refractivity contribution in [3.05, 3.63) is 16.5 Å². The van der Waals surface area contributed by atoms with E-state index < -0.39 is 10.0 Å². The van der Waals surface area contributed by atoms with Crippen molar-refractivity contribution in [1.82, 2.24) is 9.62 Å². The van der Waals surface area contributed by atoms with Crippen LogP contribution in [-0.4, -0.2) is 32.4 Å². The molecule has 1 fully saturated rings. The molecule has 1 aliphatic rings. The average Bonchev–Trinajstić information content (AvgIpc) is 2.90. The van der Waals surface area contributed by atoms with Gasteiger partial charge >= 0.3 is 0 Å². The van der Waals surface area contributed by atoms with Gasteiger partial charge in [-0.3, -0.25) is 0 Å². The van der Waals surface area contributed by atoms with E-state index in [1.807, 2.05) is 19.9 Å². The van der Waals surface area contributed by atoms with E-state index in [1.54, 1.807) is 4.31 Å². The van der Waals surface area contributed by atoms with Crippen LogP contribution in [0.25, 0.3) is 0 Å². The van der Waals surface area contributed by atoms with Crippen molar-refractivity contribution < 1.29 is 8.42 Å². The highest BCUT2D eigenvalue weighted by Crippen LogP contribution is 2.35. The fourth-order valence-electron chi connectivity index (χ4n) is 2.43. The molecule has 1 aromatic rings.